The van der Waals surface area contributed by atoms with Gasteiger partial charge < -0.3 is 4.74 Å². The molecule has 0 bridgehead atoms. The molecule has 0 spiro atoms. The number of ether oxygens (including phenoxy) is 1. The molecular weight excluding hydrogens is 248 g/mol. The third-order valence-corrected chi connectivity index (χ3v) is 3.77. The van der Waals surface area contributed by atoms with E-state index in [0.717, 1.165) is 25.7 Å². The third kappa shape index (κ3) is 2.94. The molecule has 0 saturated heterocycles. The molecule has 1 saturated carbocycles. The lowest BCUT2D eigenvalue weighted by molar-refractivity contribution is 0.310. The van der Waals surface area contributed by atoms with Crippen LogP contribution in [0.4, 0.5) is 8.78 Å². The van der Waals surface area contributed by atoms with E-state index in [-0.39, 0.29) is 17.7 Å². The molecule has 2 nitrogen and oxygen atoms in total. The minimum Gasteiger partial charge on any atom is -0.491 e. The molecule has 1 aromatic carbocycles. The minimum atomic E-state index is -0.872. The van der Waals surface area contributed by atoms with E-state index in [1.807, 2.05) is 0 Å². The lowest BCUT2D eigenvalue weighted by Gasteiger charge is -2.26. The Hall–Kier alpha value is -1.45. The molecule has 104 valence electrons. The Morgan fingerprint density at radius 3 is 2.47 bits per heavy atom. The monoisotopic (exact) mass is 267 g/mol. The largest absolute Gasteiger partial charge is 0.491 e. The summed E-state index contributed by atoms with van der Waals surface area (Å²) >= 11 is 0. The quantitative estimate of drug-likeness (QED) is 0.753. The molecule has 0 aliphatic heterocycles. The van der Waals surface area contributed by atoms with Crippen molar-refractivity contribution in [2.75, 3.05) is 6.61 Å². The standard InChI is InChI=1S/C15H19F2NO/c1-3-19-13-9-8-12(14(16)15(13)17)10-4-6-11(18-2)7-5-10/h8-11H,2-7H2,1H3. The van der Waals surface area contributed by atoms with Gasteiger partial charge in [0.2, 0.25) is 5.82 Å². The first kappa shape index (κ1) is 14.0. The summed E-state index contributed by atoms with van der Waals surface area (Å²) in [6.45, 7) is 5.62. The maximum Gasteiger partial charge on any atom is 0.200 e. The molecule has 19 heavy (non-hydrogen) atoms. The van der Waals surface area contributed by atoms with Gasteiger partial charge in [0.05, 0.1) is 6.61 Å². The van der Waals surface area contributed by atoms with Crippen LogP contribution in [0.5, 0.6) is 5.75 Å². The van der Waals surface area contributed by atoms with Crippen LogP contribution in [0.2, 0.25) is 0 Å². The van der Waals surface area contributed by atoms with Crippen LogP contribution >= 0.6 is 0 Å². The molecule has 0 radical (unpaired) electrons. The van der Waals surface area contributed by atoms with Crippen molar-refractivity contribution in [2.24, 2.45) is 4.99 Å². The Kier molecular flexibility index (Phi) is 4.51. The minimum absolute atomic E-state index is 0.00908. The summed E-state index contributed by atoms with van der Waals surface area (Å²) in [6, 6.07) is 3.44. The first-order valence-corrected chi connectivity index (χ1v) is 6.73. The highest BCUT2D eigenvalue weighted by Gasteiger charge is 2.26. The van der Waals surface area contributed by atoms with Crippen LogP contribution in [-0.2, 0) is 0 Å². The molecule has 1 aliphatic carbocycles. The zero-order valence-corrected chi connectivity index (χ0v) is 11.2. The van der Waals surface area contributed by atoms with Crippen LogP contribution < -0.4 is 4.74 Å². The fourth-order valence-corrected chi connectivity index (χ4v) is 2.70. The second-order valence-electron chi connectivity index (χ2n) is 4.90. The van der Waals surface area contributed by atoms with E-state index in [4.69, 9.17) is 4.74 Å². The molecule has 0 N–H and O–H groups in total. The number of aliphatic imine (C=N–C) groups is 1. The molecule has 0 unspecified atom stereocenters. The predicted molar refractivity (Wildman–Crippen MR) is 72.1 cm³/mol. The van der Waals surface area contributed by atoms with Gasteiger partial charge >= 0.3 is 0 Å². The van der Waals surface area contributed by atoms with Crippen LogP contribution in [0.1, 0.15) is 44.1 Å². The summed E-state index contributed by atoms with van der Waals surface area (Å²) in [4.78, 5) is 4.02. The van der Waals surface area contributed by atoms with Crippen molar-refractivity contribution in [3.63, 3.8) is 0 Å². The zero-order valence-electron chi connectivity index (χ0n) is 11.2. The molecule has 0 atom stereocenters. The van der Waals surface area contributed by atoms with Crippen molar-refractivity contribution in [3.05, 3.63) is 29.3 Å². The summed E-state index contributed by atoms with van der Waals surface area (Å²) in [5.41, 5.74) is 0.462. The van der Waals surface area contributed by atoms with Crippen LogP contribution in [0.15, 0.2) is 17.1 Å². The van der Waals surface area contributed by atoms with Gasteiger partial charge in [0.25, 0.3) is 0 Å². The summed E-state index contributed by atoms with van der Waals surface area (Å²) < 4.78 is 32.9. The van der Waals surface area contributed by atoms with Crippen molar-refractivity contribution in [2.45, 2.75) is 44.6 Å². The van der Waals surface area contributed by atoms with Gasteiger partial charge in [0, 0.05) is 6.04 Å². The van der Waals surface area contributed by atoms with Gasteiger partial charge in [0.1, 0.15) is 0 Å². The Morgan fingerprint density at radius 1 is 1.21 bits per heavy atom. The highest BCUT2D eigenvalue weighted by Crippen LogP contribution is 2.37. The molecule has 1 aromatic rings. The van der Waals surface area contributed by atoms with E-state index in [1.54, 1.807) is 13.0 Å². The van der Waals surface area contributed by atoms with Gasteiger partial charge in [-0.05, 0) is 56.9 Å². The summed E-state index contributed by atoms with van der Waals surface area (Å²) in [5.74, 6) is -1.57. The second kappa shape index (κ2) is 6.13. The number of hydrogen-bond acceptors (Lipinski definition) is 2. The van der Waals surface area contributed by atoms with Gasteiger partial charge in [-0.25, -0.2) is 4.39 Å². The van der Waals surface area contributed by atoms with E-state index in [2.05, 4.69) is 11.7 Å². The van der Waals surface area contributed by atoms with Crippen molar-refractivity contribution < 1.29 is 13.5 Å². The van der Waals surface area contributed by atoms with E-state index in [9.17, 15) is 8.78 Å². The summed E-state index contributed by atoms with van der Waals surface area (Å²) in [7, 11) is 0. The maximum atomic E-state index is 14.1. The topological polar surface area (TPSA) is 21.6 Å². The van der Waals surface area contributed by atoms with Crippen molar-refractivity contribution >= 4 is 6.72 Å². The second-order valence-corrected chi connectivity index (χ2v) is 4.90. The van der Waals surface area contributed by atoms with Gasteiger partial charge in [-0.3, -0.25) is 4.99 Å². The van der Waals surface area contributed by atoms with Gasteiger partial charge in [-0.1, -0.05) is 6.07 Å². The fraction of sp³-hybridized carbons (Fsp3) is 0.533. The maximum absolute atomic E-state index is 14.1. The average molecular weight is 267 g/mol. The van der Waals surface area contributed by atoms with Gasteiger partial charge in [-0.15, -0.1) is 0 Å². The van der Waals surface area contributed by atoms with Crippen LogP contribution in [0.3, 0.4) is 0 Å². The highest BCUT2D eigenvalue weighted by atomic mass is 19.2. The summed E-state index contributed by atoms with van der Waals surface area (Å²) in [5, 5.41) is 0. The Morgan fingerprint density at radius 2 is 1.89 bits per heavy atom. The lowest BCUT2D eigenvalue weighted by Crippen LogP contribution is -2.17. The molecule has 2 rings (SSSR count). The smallest absolute Gasteiger partial charge is 0.200 e. The molecule has 0 amide bonds. The Labute approximate surface area is 112 Å². The number of halogens is 2. The molecule has 1 aliphatic rings. The number of benzene rings is 1. The molecule has 4 heteroatoms. The molecular formula is C15H19F2NO. The number of rotatable bonds is 4. The normalized spacial score (nSPS) is 23.1. The zero-order chi connectivity index (χ0) is 13.8. The van der Waals surface area contributed by atoms with Crippen molar-refractivity contribution in [3.8, 4) is 5.75 Å². The first-order valence-electron chi connectivity index (χ1n) is 6.73. The first-order chi connectivity index (χ1) is 9.17. The van der Waals surface area contributed by atoms with Crippen molar-refractivity contribution in [1.29, 1.82) is 0 Å². The highest BCUT2D eigenvalue weighted by molar-refractivity contribution is 5.33. The van der Waals surface area contributed by atoms with E-state index >= 15 is 0 Å². The number of hydrogen-bond donors (Lipinski definition) is 0. The molecule has 0 aromatic heterocycles. The summed E-state index contributed by atoms with van der Waals surface area (Å²) in [6.07, 6.45) is 3.44. The Bertz CT molecular complexity index is 454. The van der Waals surface area contributed by atoms with Gasteiger partial charge in [0.15, 0.2) is 11.6 Å². The Balaban J connectivity index is 2.17. The molecule has 1 fully saturated rings. The van der Waals surface area contributed by atoms with Crippen LogP contribution in [-0.4, -0.2) is 19.4 Å². The van der Waals surface area contributed by atoms with E-state index in [1.165, 1.54) is 6.07 Å². The van der Waals surface area contributed by atoms with Crippen LogP contribution in [0.25, 0.3) is 0 Å². The van der Waals surface area contributed by atoms with E-state index < -0.39 is 11.6 Å². The third-order valence-electron chi connectivity index (χ3n) is 3.77. The molecule has 0 heterocycles. The van der Waals surface area contributed by atoms with Gasteiger partial charge in [-0.2, -0.15) is 4.39 Å². The van der Waals surface area contributed by atoms with Crippen LogP contribution in [0, 0.1) is 11.6 Å². The fourth-order valence-electron chi connectivity index (χ4n) is 2.70. The lowest BCUT2D eigenvalue weighted by atomic mass is 9.81. The predicted octanol–water partition coefficient (Wildman–Crippen LogP) is 4.09. The van der Waals surface area contributed by atoms with Crippen molar-refractivity contribution in [1.82, 2.24) is 0 Å². The number of nitrogens with zero attached hydrogens (tertiary/aromatic N) is 1. The average Bonchev–Trinajstić information content (AvgIpc) is 2.45. The SMILES string of the molecule is C=NC1CCC(c2ccc(OCC)c(F)c2F)CC1. The van der Waals surface area contributed by atoms with E-state index in [0.29, 0.717) is 12.2 Å².